The first-order valence-corrected chi connectivity index (χ1v) is 11.4. The lowest BCUT2D eigenvalue weighted by molar-refractivity contribution is -0.115. The summed E-state index contributed by atoms with van der Waals surface area (Å²) in [6.45, 7) is 0. The van der Waals surface area contributed by atoms with E-state index in [9.17, 15) is 4.79 Å². The third-order valence-electron chi connectivity index (χ3n) is 5.68. The van der Waals surface area contributed by atoms with E-state index in [0.29, 0.717) is 22.9 Å². The molecule has 0 fully saturated rings. The number of aromatic nitrogens is 2. The highest BCUT2D eigenvalue weighted by atomic mass is 16.1. The molecule has 1 amide bonds. The van der Waals surface area contributed by atoms with Crippen molar-refractivity contribution in [1.82, 2.24) is 9.97 Å². The number of nitrogens with zero attached hydrogens (tertiary/aromatic N) is 2. The molecular formula is C30H24N4O. The van der Waals surface area contributed by atoms with Crippen LogP contribution in [0.5, 0.6) is 0 Å². The van der Waals surface area contributed by atoms with Crippen molar-refractivity contribution in [3.05, 3.63) is 120 Å². The predicted molar refractivity (Wildman–Crippen MR) is 144 cm³/mol. The van der Waals surface area contributed by atoms with Gasteiger partial charge < -0.3 is 11.1 Å². The second-order valence-corrected chi connectivity index (χ2v) is 8.26. The third kappa shape index (κ3) is 5.42. The lowest BCUT2D eigenvalue weighted by Gasteiger charge is -2.10. The molecule has 0 bridgehead atoms. The minimum absolute atomic E-state index is 0.149. The summed E-state index contributed by atoms with van der Waals surface area (Å²) in [5.41, 5.74) is 10.7. The quantitative estimate of drug-likeness (QED) is 0.297. The number of carbonyl (C=O) groups is 1. The summed E-state index contributed by atoms with van der Waals surface area (Å²) in [7, 11) is 0. The van der Waals surface area contributed by atoms with Crippen molar-refractivity contribution in [3.8, 4) is 11.3 Å². The number of nitrogens with two attached hydrogens (primary N) is 1. The van der Waals surface area contributed by atoms with Crippen LogP contribution in [0.4, 0.5) is 11.5 Å². The van der Waals surface area contributed by atoms with E-state index in [-0.39, 0.29) is 12.3 Å². The highest BCUT2D eigenvalue weighted by Gasteiger charge is 2.12. The van der Waals surface area contributed by atoms with Crippen LogP contribution in [-0.4, -0.2) is 15.9 Å². The molecule has 0 spiro atoms. The molecule has 0 aliphatic carbocycles. The SMILES string of the molecule is Nc1ccc(-c2cnc(NC(=O)Cc3ccc4ccccc4c3)c(/C=C/c3ccccc3)n2)cc1. The maximum absolute atomic E-state index is 12.9. The summed E-state index contributed by atoms with van der Waals surface area (Å²) >= 11 is 0. The van der Waals surface area contributed by atoms with Crippen molar-refractivity contribution >= 4 is 40.3 Å². The number of carbonyl (C=O) groups excluding carboxylic acids is 1. The van der Waals surface area contributed by atoms with Crippen LogP contribution in [-0.2, 0) is 11.2 Å². The van der Waals surface area contributed by atoms with E-state index in [1.54, 1.807) is 6.20 Å². The van der Waals surface area contributed by atoms with Gasteiger partial charge in [-0.05, 0) is 40.1 Å². The van der Waals surface area contributed by atoms with Gasteiger partial charge in [0, 0.05) is 11.3 Å². The van der Waals surface area contributed by atoms with Crippen molar-refractivity contribution in [2.45, 2.75) is 6.42 Å². The van der Waals surface area contributed by atoms with E-state index >= 15 is 0 Å². The number of fused-ring (bicyclic) bond motifs is 1. The first-order chi connectivity index (χ1) is 17.1. The molecule has 0 unspecified atom stereocenters. The Labute approximate surface area is 204 Å². The molecule has 0 saturated heterocycles. The molecule has 4 aromatic carbocycles. The Hall–Kier alpha value is -4.77. The maximum Gasteiger partial charge on any atom is 0.230 e. The second-order valence-electron chi connectivity index (χ2n) is 8.26. The lowest BCUT2D eigenvalue weighted by Crippen LogP contribution is -2.16. The normalized spacial score (nSPS) is 11.1. The van der Waals surface area contributed by atoms with Gasteiger partial charge in [-0.2, -0.15) is 0 Å². The van der Waals surface area contributed by atoms with Crippen molar-refractivity contribution in [2.24, 2.45) is 0 Å². The van der Waals surface area contributed by atoms with Crippen LogP contribution in [0.1, 0.15) is 16.8 Å². The number of amides is 1. The number of hydrogen-bond donors (Lipinski definition) is 2. The number of anilines is 2. The van der Waals surface area contributed by atoms with Gasteiger partial charge in [0.2, 0.25) is 5.91 Å². The predicted octanol–water partition coefficient (Wildman–Crippen LogP) is 6.23. The van der Waals surface area contributed by atoms with Gasteiger partial charge in [0.1, 0.15) is 5.69 Å². The molecule has 5 rings (SSSR count). The van der Waals surface area contributed by atoms with E-state index in [1.807, 2.05) is 103 Å². The zero-order valence-corrected chi connectivity index (χ0v) is 19.1. The molecule has 1 aromatic heterocycles. The molecular weight excluding hydrogens is 432 g/mol. The minimum atomic E-state index is -0.149. The molecule has 35 heavy (non-hydrogen) atoms. The fraction of sp³-hybridized carbons (Fsp3) is 0.0333. The van der Waals surface area contributed by atoms with Crippen molar-refractivity contribution < 1.29 is 4.79 Å². The van der Waals surface area contributed by atoms with Crippen molar-refractivity contribution in [1.29, 1.82) is 0 Å². The number of nitrogen functional groups attached to an aromatic ring is 1. The van der Waals surface area contributed by atoms with Crippen LogP contribution < -0.4 is 11.1 Å². The van der Waals surface area contributed by atoms with Crippen LogP contribution in [0.3, 0.4) is 0 Å². The Bertz CT molecular complexity index is 1510. The molecule has 0 saturated carbocycles. The van der Waals surface area contributed by atoms with Crippen LogP contribution in [0.25, 0.3) is 34.2 Å². The second kappa shape index (κ2) is 10.0. The number of rotatable bonds is 6. The summed E-state index contributed by atoms with van der Waals surface area (Å²) < 4.78 is 0. The molecule has 5 aromatic rings. The Kier molecular flexibility index (Phi) is 6.31. The molecule has 170 valence electrons. The highest BCUT2D eigenvalue weighted by Crippen LogP contribution is 2.23. The molecule has 0 atom stereocenters. The number of hydrogen-bond acceptors (Lipinski definition) is 4. The first-order valence-electron chi connectivity index (χ1n) is 11.4. The Morgan fingerprint density at radius 3 is 2.37 bits per heavy atom. The van der Waals surface area contributed by atoms with Crippen molar-refractivity contribution in [3.63, 3.8) is 0 Å². The van der Waals surface area contributed by atoms with Gasteiger partial charge in [-0.25, -0.2) is 9.97 Å². The summed E-state index contributed by atoms with van der Waals surface area (Å²) in [5, 5.41) is 5.20. The summed E-state index contributed by atoms with van der Waals surface area (Å²) in [4.78, 5) is 22.2. The fourth-order valence-corrected chi connectivity index (χ4v) is 3.86. The third-order valence-corrected chi connectivity index (χ3v) is 5.68. The van der Waals surface area contributed by atoms with Crippen LogP contribution in [0.15, 0.2) is 103 Å². The van der Waals surface area contributed by atoms with Gasteiger partial charge in [-0.3, -0.25) is 4.79 Å². The van der Waals surface area contributed by atoms with E-state index < -0.39 is 0 Å². The Morgan fingerprint density at radius 1 is 0.829 bits per heavy atom. The Morgan fingerprint density at radius 2 is 1.57 bits per heavy atom. The average Bonchev–Trinajstić information content (AvgIpc) is 2.89. The van der Waals surface area contributed by atoms with E-state index in [2.05, 4.69) is 16.4 Å². The molecule has 0 aliphatic heterocycles. The van der Waals surface area contributed by atoms with Crippen LogP contribution in [0, 0.1) is 0 Å². The molecule has 5 heteroatoms. The van der Waals surface area contributed by atoms with Gasteiger partial charge in [0.15, 0.2) is 5.82 Å². The zero-order valence-electron chi connectivity index (χ0n) is 19.1. The van der Waals surface area contributed by atoms with E-state index in [0.717, 1.165) is 27.5 Å². The highest BCUT2D eigenvalue weighted by molar-refractivity contribution is 5.94. The van der Waals surface area contributed by atoms with Crippen molar-refractivity contribution in [2.75, 3.05) is 11.1 Å². The fourth-order valence-electron chi connectivity index (χ4n) is 3.86. The summed E-state index contributed by atoms with van der Waals surface area (Å²) in [6, 6.07) is 31.6. The lowest BCUT2D eigenvalue weighted by atomic mass is 10.0. The van der Waals surface area contributed by atoms with Crippen LogP contribution >= 0.6 is 0 Å². The molecule has 0 aliphatic rings. The minimum Gasteiger partial charge on any atom is -0.399 e. The zero-order chi connectivity index (χ0) is 24.0. The standard InChI is InChI=1S/C30H24N4O/c31-26-15-13-24(14-16-26)28-20-32-30(27(33-28)17-11-21-6-2-1-3-7-21)34-29(35)19-22-10-12-23-8-4-5-9-25(23)18-22/h1-18,20H,19,31H2,(H,32,34,35)/b17-11+. The summed E-state index contributed by atoms with van der Waals surface area (Å²) in [5.74, 6) is 0.270. The molecule has 3 N–H and O–H groups in total. The molecule has 5 nitrogen and oxygen atoms in total. The smallest absolute Gasteiger partial charge is 0.230 e. The van der Waals surface area contributed by atoms with E-state index in [4.69, 9.17) is 10.7 Å². The van der Waals surface area contributed by atoms with Gasteiger partial charge >= 0.3 is 0 Å². The van der Waals surface area contributed by atoms with Gasteiger partial charge in [0.05, 0.1) is 18.3 Å². The average molecular weight is 457 g/mol. The van der Waals surface area contributed by atoms with E-state index in [1.165, 1.54) is 0 Å². The van der Waals surface area contributed by atoms with Gasteiger partial charge in [-0.15, -0.1) is 0 Å². The van der Waals surface area contributed by atoms with Gasteiger partial charge in [0.25, 0.3) is 0 Å². The number of benzene rings is 4. The molecule has 1 heterocycles. The molecule has 0 radical (unpaired) electrons. The topological polar surface area (TPSA) is 80.9 Å². The van der Waals surface area contributed by atoms with Crippen LogP contribution in [0.2, 0.25) is 0 Å². The largest absolute Gasteiger partial charge is 0.399 e. The first kappa shape index (κ1) is 22.0. The number of nitrogens with one attached hydrogen (secondary N) is 1. The Balaban J connectivity index is 1.42. The van der Waals surface area contributed by atoms with Gasteiger partial charge in [-0.1, -0.05) is 91.0 Å². The maximum atomic E-state index is 12.9. The monoisotopic (exact) mass is 456 g/mol. The summed E-state index contributed by atoms with van der Waals surface area (Å²) in [6.07, 6.45) is 5.73.